The number of hydrogen-bond donors (Lipinski definition) is 1. The Labute approximate surface area is 145 Å². The minimum absolute atomic E-state index is 0.0450. The molecule has 0 unspecified atom stereocenters. The van der Waals surface area contributed by atoms with E-state index in [0.29, 0.717) is 0 Å². The van der Waals surface area contributed by atoms with Gasteiger partial charge in [0.25, 0.3) is 0 Å². The van der Waals surface area contributed by atoms with Crippen LogP contribution in [0.25, 0.3) is 0 Å². The number of ether oxygens (including phenoxy) is 1. The Balaban J connectivity index is 2.10. The second kappa shape index (κ2) is 6.98. The van der Waals surface area contributed by atoms with Crippen LogP contribution in [-0.2, 0) is 16.0 Å². The number of hydrogen-bond acceptors (Lipinski definition) is 3. The van der Waals surface area contributed by atoms with Crippen molar-refractivity contribution in [2.75, 3.05) is 13.1 Å². The van der Waals surface area contributed by atoms with Crippen LogP contribution in [0.15, 0.2) is 18.2 Å². The smallest absolute Gasteiger partial charge is 0.410 e. The van der Waals surface area contributed by atoms with Crippen LogP contribution in [0.3, 0.4) is 0 Å². The van der Waals surface area contributed by atoms with E-state index in [-0.39, 0.29) is 37.9 Å². The van der Waals surface area contributed by atoms with Crippen molar-refractivity contribution in [1.82, 2.24) is 4.90 Å². The molecule has 1 aromatic rings. The highest BCUT2D eigenvalue weighted by Gasteiger charge is 2.43. The molecule has 25 heavy (non-hydrogen) atoms. The van der Waals surface area contributed by atoms with Crippen LogP contribution >= 0.6 is 0 Å². The minimum Gasteiger partial charge on any atom is -0.481 e. The largest absolute Gasteiger partial charge is 0.481 e. The van der Waals surface area contributed by atoms with Gasteiger partial charge in [-0.2, -0.15) is 0 Å². The van der Waals surface area contributed by atoms with E-state index in [0.717, 1.165) is 12.1 Å². The molecule has 0 saturated carbocycles. The monoisotopic (exact) mass is 355 g/mol. The lowest BCUT2D eigenvalue weighted by molar-refractivity contribution is -0.152. The van der Waals surface area contributed by atoms with E-state index in [9.17, 15) is 23.5 Å². The summed E-state index contributed by atoms with van der Waals surface area (Å²) in [5.74, 6) is -2.50. The van der Waals surface area contributed by atoms with Crippen LogP contribution in [-0.4, -0.2) is 40.8 Å². The van der Waals surface area contributed by atoms with Gasteiger partial charge in [-0.25, -0.2) is 13.6 Å². The lowest BCUT2D eigenvalue weighted by Gasteiger charge is -2.39. The summed E-state index contributed by atoms with van der Waals surface area (Å²) in [6.07, 6.45) is -0.174. The van der Waals surface area contributed by atoms with Crippen LogP contribution in [0.4, 0.5) is 13.6 Å². The van der Waals surface area contributed by atoms with Gasteiger partial charge in [0.1, 0.15) is 17.2 Å². The van der Waals surface area contributed by atoms with Gasteiger partial charge in [-0.15, -0.1) is 0 Å². The van der Waals surface area contributed by atoms with Crippen molar-refractivity contribution in [2.24, 2.45) is 5.41 Å². The third-order valence-electron chi connectivity index (χ3n) is 4.37. The topological polar surface area (TPSA) is 66.8 Å². The van der Waals surface area contributed by atoms with E-state index < -0.39 is 34.7 Å². The fourth-order valence-corrected chi connectivity index (χ4v) is 2.94. The maximum Gasteiger partial charge on any atom is 0.410 e. The summed E-state index contributed by atoms with van der Waals surface area (Å²) in [6.45, 7) is 5.70. The van der Waals surface area contributed by atoms with Crippen LogP contribution in [0.1, 0.15) is 39.2 Å². The average molecular weight is 355 g/mol. The number of carboxylic acid groups (broad SMARTS) is 1. The van der Waals surface area contributed by atoms with Crippen LogP contribution < -0.4 is 0 Å². The first-order valence-electron chi connectivity index (χ1n) is 8.18. The van der Waals surface area contributed by atoms with Gasteiger partial charge < -0.3 is 14.7 Å². The summed E-state index contributed by atoms with van der Waals surface area (Å²) in [4.78, 5) is 25.4. The number of halogens is 2. The van der Waals surface area contributed by atoms with Gasteiger partial charge in [-0.1, -0.05) is 6.07 Å². The first-order chi connectivity index (χ1) is 11.5. The number of likely N-dealkylation sites (tertiary alicyclic amines) is 1. The average Bonchev–Trinajstić information content (AvgIpc) is 2.49. The Morgan fingerprint density at radius 1 is 1.24 bits per heavy atom. The molecule has 7 heteroatoms. The summed E-state index contributed by atoms with van der Waals surface area (Å²) < 4.78 is 32.2. The summed E-state index contributed by atoms with van der Waals surface area (Å²) >= 11 is 0. The third-order valence-corrected chi connectivity index (χ3v) is 4.37. The molecule has 0 bridgehead atoms. The van der Waals surface area contributed by atoms with Crippen molar-refractivity contribution in [3.63, 3.8) is 0 Å². The lowest BCUT2D eigenvalue weighted by atomic mass is 9.74. The molecule has 1 saturated heterocycles. The summed E-state index contributed by atoms with van der Waals surface area (Å²) in [5, 5.41) is 9.68. The van der Waals surface area contributed by atoms with Gasteiger partial charge in [0.15, 0.2) is 0 Å². The van der Waals surface area contributed by atoms with Crippen molar-refractivity contribution < 1.29 is 28.2 Å². The fourth-order valence-electron chi connectivity index (χ4n) is 2.94. The SMILES string of the molecule is CC(C)(C)OC(=O)N1CCC(Cc2ccc(F)cc2F)(C(=O)O)CC1. The van der Waals surface area contributed by atoms with Gasteiger partial charge in [-0.05, 0) is 51.7 Å². The Morgan fingerprint density at radius 3 is 2.32 bits per heavy atom. The van der Waals surface area contributed by atoms with E-state index in [2.05, 4.69) is 0 Å². The van der Waals surface area contributed by atoms with Crippen molar-refractivity contribution in [2.45, 2.75) is 45.6 Å². The summed E-state index contributed by atoms with van der Waals surface area (Å²) in [7, 11) is 0. The predicted molar refractivity (Wildman–Crippen MR) is 87.2 cm³/mol. The number of amides is 1. The zero-order valence-electron chi connectivity index (χ0n) is 14.6. The van der Waals surface area contributed by atoms with Crippen molar-refractivity contribution in [3.05, 3.63) is 35.4 Å². The number of rotatable bonds is 3. The second-order valence-corrected chi connectivity index (χ2v) is 7.47. The van der Waals surface area contributed by atoms with Gasteiger partial charge >= 0.3 is 12.1 Å². The molecule has 0 aromatic heterocycles. The summed E-state index contributed by atoms with van der Waals surface area (Å²) in [5.41, 5.74) is -1.65. The maximum atomic E-state index is 13.9. The van der Waals surface area contributed by atoms with Crippen LogP contribution in [0.5, 0.6) is 0 Å². The highest BCUT2D eigenvalue weighted by atomic mass is 19.1. The standard InChI is InChI=1S/C18H23F2NO4/c1-17(2,3)25-16(24)21-8-6-18(7-9-21,15(22)23)11-12-4-5-13(19)10-14(12)20/h4-5,10H,6-9,11H2,1-3H3,(H,22,23). The molecule has 1 fully saturated rings. The number of carboxylic acids is 1. The maximum absolute atomic E-state index is 13.9. The van der Waals surface area contributed by atoms with Gasteiger partial charge in [0.05, 0.1) is 5.41 Å². The molecule has 1 aliphatic rings. The zero-order chi connectivity index (χ0) is 18.8. The number of piperidine rings is 1. The lowest BCUT2D eigenvalue weighted by Crippen LogP contribution is -2.48. The second-order valence-electron chi connectivity index (χ2n) is 7.47. The molecule has 0 atom stereocenters. The fraction of sp³-hybridized carbons (Fsp3) is 0.556. The highest BCUT2D eigenvalue weighted by molar-refractivity contribution is 5.76. The third kappa shape index (κ3) is 4.67. The van der Waals surface area contributed by atoms with E-state index in [1.54, 1.807) is 20.8 Å². The molecule has 1 aliphatic heterocycles. The number of carbonyl (C=O) groups excluding carboxylic acids is 1. The molecule has 5 nitrogen and oxygen atoms in total. The predicted octanol–water partition coefficient (Wildman–Crippen LogP) is 3.61. The Bertz CT molecular complexity index is 662. The molecule has 1 heterocycles. The number of aliphatic carboxylic acids is 1. The van der Waals surface area contributed by atoms with Crippen molar-refractivity contribution >= 4 is 12.1 Å². The van der Waals surface area contributed by atoms with Gasteiger partial charge in [-0.3, -0.25) is 4.79 Å². The van der Waals surface area contributed by atoms with E-state index in [4.69, 9.17) is 4.74 Å². The zero-order valence-corrected chi connectivity index (χ0v) is 14.6. The molecule has 1 aromatic carbocycles. The van der Waals surface area contributed by atoms with Gasteiger partial charge in [0.2, 0.25) is 0 Å². The van der Waals surface area contributed by atoms with E-state index in [1.165, 1.54) is 11.0 Å². The normalized spacial score (nSPS) is 17.2. The molecule has 0 aliphatic carbocycles. The number of nitrogens with zero attached hydrogens (tertiary/aromatic N) is 1. The molecule has 1 amide bonds. The molecule has 0 radical (unpaired) electrons. The van der Waals surface area contributed by atoms with Crippen molar-refractivity contribution in [1.29, 1.82) is 0 Å². The number of benzene rings is 1. The molecule has 2 rings (SSSR count). The molecular weight excluding hydrogens is 332 g/mol. The van der Waals surface area contributed by atoms with Crippen molar-refractivity contribution in [3.8, 4) is 0 Å². The van der Waals surface area contributed by atoms with E-state index in [1.807, 2.05) is 0 Å². The molecule has 0 spiro atoms. The quantitative estimate of drug-likeness (QED) is 0.899. The van der Waals surface area contributed by atoms with E-state index >= 15 is 0 Å². The molecule has 1 N–H and O–H groups in total. The molecule has 138 valence electrons. The number of carbonyl (C=O) groups is 2. The highest BCUT2D eigenvalue weighted by Crippen LogP contribution is 2.36. The van der Waals surface area contributed by atoms with Crippen LogP contribution in [0, 0.1) is 17.0 Å². The first kappa shape index (κ1) is 19.1. The Hall–Kier alpha value is -2.18. The van der Waals surface area contributed by atoms with Crippen LogP contribution in [0.2, 0.25) is 0 Å². The summed E-state index contributed by atoms with van der Waals surface area (Å²) in [6, 6.07) is 3.14. The molecular formula is C18H23F2NO4. The Kier molecular flexibility index (Phi) is 5.34. The Morgan fingerprint density at radius 2 is 1.84 bits per heavy atom. The minimum atomic E-state index is -1.18. The van der Waals surface area contributed by atoms with Gasteiger partial charge in [0, 0.05) is 19.2 Å². The first-order valence-corrected chi connectivity index (χ1v) is 8.18.